The number of carbonyl (C=O) groups is 2. The van der Waals surface area contributed by atoms with Crippen molar-refractivity contribution in [1.29, 1.82) is 0 Å². The lowest BCUT2D eigenvalue weighted by atomic mass is 10.0. The average molecular weight is 334 g/mol. The molecule has 0 unspecified atom stereocenters. The minimum Gasteiger partial charge on any atom is -0.325 e. The van der Waals surface area contributed by atoms with Crippen molar-refractivity contribution in [3.8, 4) is 0 Å². The zero-order valence-corrected chi connectivity index (χ0v) is 12.4. The molecule has 0 atom stereocenters. The van der Waals surface area contributed by atoms with Crippen molar-refractivity contribution in [3.63, 3.8) is 0 Å². The quantitative estimate of drug-likeness (QED) is 0.841. The predicted octanol–water partition coefficient (Wildman–Crippen LogP) is 3.46. The van der Waals surface area contributed by atoms with Crippen LogP contribution in [0.5, 0.6) is 0 Å². The van der Waals surface area contributed by atoms with E-state index in [-0.39, 0.29) is 11.4 Å². The zero-order valence-electron chi connectivity index (χ0n) is 12.4. The second-order valence-corrected chi connectivity index (χ2v) is 5.62. The Morgan fingerprint density at radius 3 is 2.17 bits per heavy atom. The first-order chi connectivity index (χ1) is 11.4. The van der Waals surface area contributed by atoms with Gasteiger partial charge in [-0.05, 0) is 43.2 Å². The summed E-state index contributed by atoms with van der Waals surface area (Å²) in [5, 5.41) is 4.79. The molecule has 2 aromatic rings. The molecule has 24 heavy (non-hydrogen) atoms. The highest BCUT2D eigenvalue weighted by Gasteiger charge is 2.56. The Bertz CT molecular complexity index is 819. The zero-order chi connectivity index (χ0) is 17.3. The van der Waals surface area contributed by atoms with Crippen LogP contribution in [0.25, 0.3) is 0 Å². The molecule has 1 fully saturated rings. The summed E-state index contributed by atoms with van der Waals surface area (Å²) < 4.78 is 39.7. The third-order valence-electron chi connectivity index (χ3n) is 3.88. The Balaban J connectivity index is 1.73. The van der Waals surface area contributed by atoms with Crippen molar-refractivity contribution in [3.05, 3.63) is 59.9 Å². The molecule has 0 aliphatic heterocycles. The van der Waals surface area contributed by atoms with Gasteiger partial charge in [-0.15, -0.1) is 0 Å². The van der Waals surface area contributed by atoms with E-state index in [9.17, 15) is 22.8 Å². The first-order valence-electron chi connectivity index (χ1n) is 7.24. The third kappa shape index (κ3) is 3.10. The first-order valence-corrected chi connectivity index (χ1v) is 7.24. The van der Waals surface area contributed by atoms with Crippen LogP contribution in [-0.2, 0) is 9.59 Å². The lowest BCUT2D eigenvalue weighted by Gasteiger charge is -2.16. The van der Waals surface area contributed by atoms with Crippen LogP contribution in [0.3, 0.4) is 0 Å². The maximum absolute atomic E-state index is 13.6. The van der Waals surface area contributed by atoms with Crippen LogP contribution in [-0.4, -0.2) is 11.8 Å². The summed E-state index contributed by atoms with van der Waals surface area (Å²) in [5.74, 6) is -3.48. The van der Waals surface area contributed by atoms with Gasteiger partial charge >= 0.3 is 0 Å². The highest BCUT2D eigenvalue weighted by Crippen LogP contribution is 2.47. The lowest BCUT2D eigenvalue weighted by Crippen LogP contribution is -2.35. The van der Waals surface area contributed by atoms with Crippen molar-refractivity contribution < 1.29 is 22.8 Å². The molecule has 1 aliphatic carbocycles. The van der Waals surface area contributed by atoms with Gasteiger partial charge in [0, 0.05) is 11.8 Å². The Labute approximate surface area is 135 Å². The van der Waals surface area contributed by atoms with Crippen molar-refractivity contribution in [1.82, 2.24) is 0 Å². The van der Waals surface area contributed by atoms with E-state index in [0.717, 1.165) is 18.2 Å². The van der Waals surface area contributed by atoms with Crippen molar-refractivity contribution >= 4 is 23.2 Å². The third-order valence-corrected chi connectivity index (χ3v) is 3.88. The minimum absolute atomic E-state index is 0.203. The van der Waals surface area contributed by atoms with Gasteiger partial charge in [0.2, 0.25) is 11.8 Å². The number of nitrogens with one attached hydrogen (secondary N) is 2. The number of hydrogen-bond acceptors (Lipinski definition) is 2. The van der Waals surface area contributed by atoms with Crippen LogP contribution in [0.15, 0.2) is 42.5 Å². The van der Waals surface area contributed by atoms with E-state index in [0.29, 0.717) is 18.9 Å². The van der Waals surface area contributed by atoms with Gasteiger partial charge in [-0.1, -0.05) is 6.07 Å². The fourth-order valence-corrected chi connectivity index (χ4v) is 2.33. The van der Waals surface area contributed by atoms with Crippen LogP contribution in [0.2, 0.25) is 0 Å². The standard InChI is InChI=1S/C17H13F3N2O2/c18-10-2-1-3-12(8-10)21-15(23)17(6-7-17)16(24)22-14-5-4-11(19)9-13(14)20/h1-5,8-9H,6-7H2,(H,21,23)(H,22,24). The molecule has 1 saturated carbocycles. The summed E-state index contributed by atoms with van der Waals surface area (Å²) in [6, 6.07) is 8.02. The normalized spacial score (nSPS) is 14.8. The van der Waals surface area contributed by atoms with Gasteiger partial charge in [0.05, 0.1) is 5.69 Å². The maximum atomic E-state index is 13.6. The molecule has 0 spiro atoms. The van der Waals surface area contributed by atoms with Gasteiger partial charge in [-0.2, -0.15) is 0 Å². The highest BCUT2D eigenvalue weighted by molar-refractivity contribution is 6.16. The van der Waals surface area contributed by atoms with Gasteiger partial charge in [0.25, 0.3) is 0 Å². The van der Waals surface area contributed by atoms with Gasteiger partial charge in [-0.25, -0.2) is 13.2 Å². The van der Waals surface area contributed by atoms with Crippen LogP contribution >= 0.6 is 0 Å². The molecule has 0 radical (unpaired) electrons. The van der Waals surface area contributed by atoms with E-state index in [1.807, 2.05) is 0 Å². The molecule has 0 bridgehead atoms. The molecule has 124 valence electrons. The predicted molar refractivity (Wildman–Crippen MR) is 81.7 cm³/mol. The number of rotatable bonds is 4. The van der Waals surface area contributed by atoms with Crippen molar-refractivity contribution in [2.45, 2.75) is 12.8 Å². The van der Waals surface area contributed by atoms with Gasteiger partial charge in [0.15, 0.2) is 0 Å². The van der Waals surface area contributed by atoms with Crippen LogP contribution in [0.1, 0.15) is 12.8 Å². The van der Waals surface area contributed by atoms with E-state index in [2.05, 4.69) is 10.6 Å². The molecule has 3 rings (SSSR count). The molecule has 2 amide bonds. The summed E-state index contributed by atoms with van der Waals surface area (Å²) in [6.45, 7) is 0. The molecule has 0 heterocycles. The van der Waals surface area contributed by atoms with Crippen LogP contribution in [0.4, 0.5) is 24.5 Å². The molecule has 4 nitrogen and oxygen atoms in total. The van der Waals surface area contributed by atoms with Crippen molar-refractivity contribution in [2.75, 3.05) is 10.6 Å². The SMILES string of the molecule is O=C(Nc1cccc(F)c1)C1(C(=O)Nc2ccc(F)cc2F)CC1. The maximum Gasteiger partial charge on any atom is 0.240 e. The minimum atomic E-state index is -1.33. The molecule has 0 saturated heterocycles. The summed E-state index contributed by atoms with van der Waals surface area (Å²) >= 11 is 0. The monoisotopic (exact) mass is 334 g/mol. The Hall–Kier alpha value is -2.83. The Morgan fingerprint density at radius 2 is 1.54 bits per heavy atom. The molecular formula is C17H13F3N2O2. The van der Waals surface area contributed by atoms with E-state index in [1.54, 1.807) is 0 Å². The number of benzene rings is 2. The average Bonchev–Trinajstić information content (AvgIpc) is 3.32. The highest BCUT2D eigenvalue weighted by atomic mass is 19.1. The van der Waals surface area contributed by atoms with Crippen molar-refractivity contribution in [2.24, 2.45) is 5.41 Å². The molecule has 1 aliphatic rings. The fraction of sp³-hybridized carbons (Fsp3) is 0.176. The summed E-state index contributed by atoms with van der Waals surface area (Å²) in [4.78, 5) is 24.7. The lowest BCUT2D eigenvalue weighted by molar-refractivity contribution is -0.131. The van der Waals surface area contributed by atoms with Crippen LogP contribution < -0.4 is 10.6 Å². The van der Waals surface area contributed by atoms with E-state index in [1.165, 1.54) is 18.2 Å². The summed E-state index contributed by atoms with van der Waals surface area (Å²) in [6.07, 6.45) is 0.589. The molecular weight excluding hydrogens is 321 g/mol. The van der Waals surface area contributed by atoms with Crippen LogP contribution in [0, 0.1) is 22.9 Å². The Morgan fingerprint density at radius 1 is 0.875 bits per heavy atom. The summed E-state index contributed by atoms with van der Waals surface area (Å²) in [7, 11) is 0. The van der Waals surface area contributed by atoms with Gasteiger partial charge < -0.3 is 10.6 Å². The second-order valence-electron chi connectivity index (χ2n) is 5.62. The molecule has 0 aromatic heterocycles. The molecule has 2 aromatic carbocycles. The Kier molecular flexibility index (Phi) is 4.01. The van der Waals surface area contributed by atoms with Gasteiger partial charge in [0.1, 0.15) is 22.9 Å². The number of anilines is 2. The first kappa shape index (κ1) is 16.0. The summed E-state index contributed by atoms with van der Waals surface area (Å²) in [5.41, 5.74) is -1.30. The smallest absolute Gasteiger partial charge is 0.240 e. The fourth-order valence-electron chi connectivity index (χ4n) is 2.33. The largest absolute Gasteiger partial charge is 0.325 e. The number of hydrogen-bond donors (Lipinski definition) is 2. The van der Waals surface area contributed by atoms with Gasteiger partial charge in [-0.3, -0.25) is 9.59 Å². The molecule has 7 heteroatoms. The molecule has 2 N–H and O–H groups in total. The van der Waals surface area contributed by atoms with E-state index in [4.69, 9.17) is 0 Å². The van der Waals surface area contributed by atoms with E-state index >= 15 is 0 Å². The number of carbonyl (C=O) groups excluding carboxylic acids is 2. The number of halogens is 3. The second kappa shape index (κ2) is 5.99. The topological polar surface area (TPSA) is 58.2 Å². The van der Waals surface area contributed by atoms with E-state index < -0.39 is 34.7 Å². The number of amides is 2.